The Hall–Kier alpha value is -2.35. The van der Waals surface area contributed by atoms with Gasteiger partial charge in [0, 0.05) is 26.4 Å². The van der Waals surface area contributed by atoms with Crippen LogP contribution >= 0.6 is 22.6 Å². The van der Waals surface area contributed by atoms with E-state index in [1.165, 1.54) is 9.96 Å². The Bertz CT molecular complexity index is 913. The van der Waals surface area contributed by atoms with Gasteiger partial charge in [0.15, 0.2) is 0 Å². The molecule has 4 aromatic rings. The van der Waals surface area contributed by atoms with Crippen molar-refractivity contribution < 1.29 is 4.42 Å². The Morgan fingerprint density at radius 3 is 2.73 bits per heavy atom. The van der Waals surface area contributed by atoms with Crippen LogP contribution in [0.25, 0.3) is 22.4 Å². The summed E-state index contributed by atoms with van der Waals surface area (Å²) in [5.41, 5.74) is 3.83. The lowest BCUT2D eigenvalue weighted by Crippen LogP contribution is -1.94. The number of aromatic nitrogens is 3. The Morgan fingerprint density at radius 1 is 1.09 bits per heavy atom. The summed E-state index contributed by atoms with van der Waals surface area (Å²) >= 11 is 2.29. The van der Waals surface area contributed by atoms with Crippen molar-refractivity contribution in [3.8, 4) is 11.5 Å². The first-order valence-electron chi connectivity index (χ1n) is 6.70. The lowest BCUT2D eigenvalue weighted by Gasteiger charge is -2.10. The van der Waals surface area contributed by atoms with Gasteiger partial charge in [-0.2, -0.15) is 0 Å². The summed E-state index contributed by atoms with van der Waals surface area (Å²) in [6.45, 7) is 0. The number of rotatable bonds is 3. The van der Waals surface area contributed by atoms with Crippen LogP contribution in [-0.4, -0.2) is 15.2 Å². The van der Waals surface area contributed by atoms with Crippen molar-refractivity contribution in [2.75, 3.05) is 5.32 Å². The van der Waals surface area contributed by atoms with E-state index >= 15 is 0 Å². The molecule has 2 aromatic carbocycles. The van der Waals surface area contributed by atoms with Gasteiger partial charge < -0.3 is 14.7 Å². The van der Waals surface area contributed by atoms with E-state index in [9.17, 15) is 0 Å². The molecule has 2 heterocycles. The lowest BCUT2D eigenvalue weighted by molar-refractivity contribution is 0.569. The molecule has 0 amide bonds. The summed E-state index contributed by atoms with van der Waals surface area (Å²) in [5.74, 6) is 0.490. The van der Waals surface area contributed by atoms with Crippen LogP contribution in [0.3, 0.4) is 0 Å². The SMILES string of the molecule is Ic1ccc(Nc2cc3cc[nH]c3cc2-c2nnco2)cc1. The van der Waals surface area contributed by atoms with Crippen LogP contribution in [0, 0.1) is 3.57 Å². The van der Waals surface area contributed by atoms with Crippen molar-refractivity contribution in [3.05, 3.63) is 58.6 Å². The predicted molar refractivity (Wildman–Crippen MR) is 94.0 cm³/mol. The second-order valence-electron chi connectivity index (χ2n) is 4.84. The monoisotopic (exact) mass is 402 g/mol. The summed E-state index contributed by atoms with van der Waals surface area (Å²) in [7, 11) is 0. The van der Waals surface area contributed by atoms with E-state index in [1.807, 2.05) is 30.5 Å². The van der Waals surface area contributed by atoms with Crippen molar-refractivity contribution in [2.45, 2.75) is 0 Å². The van der Waals surface area contributed by atoms with Crippen LogP contribution in [0.2, 0.25) is 0 Å². The smallest absolute Gasteiger partial charge is 0.249 e. The number of aromatic amines is 1. The van der Waals surface area contributed by atoms with Crippen molar-refractivity contribution in [2.24, 2.45) is 0 Å². The highest BCUT2D eigenvalue weighted by molar-refractivity contribution is 14.1. The van der Waals surface area contributed by atoms with Crippen LogP contribution in [0.1, 0.15) is 0 Å². The third-order valence-electron chi connectivity index (χ3n) is 3.41. The maximum Gasteiger partial charge on any atom is 0.249 e. The van der Waals surface area contributed by atoms with Crippen LogP contribution < -0.4 is 5.32 Å². The Balaban J connectivity index is 1.83. The molecule has 0 bridgehead atoms. The molecule has 0 spiro atoms. The largest absolute Gasteiger partial charge is 0.423 e. The van der Waals surface area contributed by atoms with E-state index in [0.717, 1.165) is 27.8 Å². The second-order valence-corrected chi connectivity index (χ2v) is 6.08. The number of nitrogens with one attached hydrogen (secondary N) is 2. The van der Waals surface area contributed by atoms with Gasteiger partial charge in [-0.3, -0.25) is 0 Å². The zero-order valence-corrected chi connectivity index (χ0v) is 13.5. The molecule has 0 unspecified atom stereocenters. The highest BCUT2D eigenvalue weighted by Gasteiger charge is 2.12. The Labute approximate surface area is 139 Å². The molecular formula is C16H11IN4O. The summed E-state index contributed by atoms with van der Waals surface area (Å²) in [4.78, 5) is 3.20. The molecule has 0 saturated heterocycles. The van der Waals surface area contributed by atoms with Gasteiger partial charge >= 0.3 is 0 Å². The quantitative estimate of drug-likeness (QED) is 0.493. The molecule has 4 rings (SSSR count). The van der Waals surface area contributed by atoms with E-state index in [1.54, 1.807) is 0 Å². The molecule has 0 fully saturated rings. The number of H-pyrrole nitrogens is 1. The molecule has 108 valence electrons. The Kier molecular flexibility index (Phi) is 3.30. The average molecular weight is 402 g/mol. The highest BCUT2D eigenvalue weighted by Crippen LogP contribution is 2.33. The maximum atomic E-state index is 5.37. The predicted octanol–water partition coefficient (Wildman–Crippen LogP) is 4.57. The molecule has 5 nitrogen and oxygen atoms in total. The number of hydrogen-bond acceptors (Lipinski definition) is 4. The standard InChI is InChI=1S/C16H11IN4O/c17-11-1-3-12(4-2-11)20-15-7-10-5-6-18-14(10)8-13(15)16-21-19-9-22-16/h1-9,18,20H. The van der Waals surface area contributed by atoms with Gasteiger partial charge in [-0.25, -0.2) is 0 Å². The van der Waals surface area contributed by atoms with Crippen LogP contribution in [0.5, 0.6) is 0 Å². The maximum absolute atomic E-state index is 5.37. The van der Waals surface area contributed by atoms with Gasteiger partial charge in [0.1, 0.15) is 0 Å². The first-order chi connectivity index (χ1) is 10.8. The average Bonchev–Trinajstić information content (AvgIpc) is 3.19. The fraction of sp³-hybridized carbons (Fsp3) is 0. The molecule has 6 heteroatoms. The number of anilines is 2. The molecule has 0 atom stereocenters. The van der Waals surface area contributed by atoms with E-state index < -0.39 is 0 Å². The van der Waals surface area contributed by atoms with Crippen molar-refractivity contribution in [1.29, 1.82) is 0 Å². The molecule has 2 aromatic heterocycles. The van der Waals surface area contributed by atoms with Gasteiger partial charge in [-0.05, 0) is 65.1 Å². The van der Waals surface area contributed by atoms with Crippen molar-refractivity contribution in [3.63, 3.8) is 0 Å². The second kappa shape index (κ2) is 5.45. The highest BCUT2D eigenvalue weighted by atomic mass is 127. The van der Waals surface area contributed by atoms with Crippen LogP contribution in [0.4, 0.5) is 11.4 Å². The molecular weight excluding hydrogens is 391 g/mol. The van der Waals surface area contributed by atoms with Gasteiger partial charge in [0.05, 0.1) is 11.3 Å². The minimum absolute atomic E-state index is 0.490. The molecule has 0 saturated carbocycles. The minimum Gasteiger partial charge on any atom is -0.423 e. The zero-order chi connectivity index (χ0) is 14.9. The topological polar surface area (TPSA) is 66.7 Å². The number of hydrogen-bond donors (Lipinski definition) is 2. The third-order valence-corrected chi connectivity index (χ3v) is 4.12. The van der Waals surface area contributed by atoms with Crippen LogP contribution in [0.15, 0.2) is 59.5 Å². The van der Waals surface area contributed by atoms with E-state index in [2.05, 4.69) is 61.3 Å². The fourth-order valence-electron chi connectivity index (χ4n) is 2.36. The van der Waals surface area contributed by atoms with Crippen molar-refractivity contribution in [1.82, 2.24) is 15.2 Å². The summed E-state index contributed by atoms with van der Waals surface area (Å²) in [6.07, 6.45) is 3.25. The van der Waals surface area contributed by atoms with Gasteiger partial charge in [-0.1, -0.05) is 0 Å². The Morgan fingerprint density at radius 2 is 1.95 bits per heavy atom. The van der Waals surface area contributed by atoms with Crippen LogP contribution in [-0.2, 0) is 0 Å². The molecule has 2 N–H and O–H groups in total. The molecule has 0 aliphatic carbocycles. The van der Waals surface area contributed by atoms with Crippen molar-refractivity contribution >= 4 is 44.9 Å². The normalized spacial score (nSPS) is 11.0. The van der Waals surface area contributed by atoms with E-state index in [4.69, 9.17) is 4.42 Å². The molecule has 22 heavy (non-hydrogen) atoms. The van der Waals surface area contributed by atoms with Gasteiger partial charge in [0.2, 0.25) is 12.3 Å². The summed E-state index contributed by atoms with van der Waals surface area (Å²) in [5, 5.41) is 12.3. The zero-order valence-electron chi connectivity index (χ0n) is 11.4. The number of halogens is 1. The summed E-state index contributed by atoms with van der Waals surface area (Å²) < 4.78 is 6.56. The number of fused-ring (bicyclic) bond motifs is 1. The molecule has 0 aliphatic heterocycles. The minimum atomic E-state index is 0.490. The first kappa shape index (κ1) is 13.3. The fourth-order valence-corrected chi connectivity index (χ4v) is 2.72. The number of benzene rings is 2. The lowest BCUT2D eigenvalue weighted by atomic mass is 10.1. The van der Waals surface area contributed by atoms with Gasteiger partial charge in [-0.15, -0.1) is 10.2 Å². The first-order valence-corrected chi connectivity index (χ1v) is 7.78. The number of nitrogens with zero attached hydrogens (tertiary/aromatic N) is 2. The van der Waals surface area contributed by atoms with Gasteiger partial charge in [0.25, 0.3) is 0 Å². The van der Waals surface area contributed by atoms with E-state index in [-0.39, 0.29) is 0 Å². The van der Waals surface area contributed by atoms with E-state index in [0.29, 0.717) is 5.89 Å². The third kappa shape index (κ3) is 2.45. The molecule has 0 aliphatic rings. The summed E-state index contributed by atoms with van der Waals surface area (Å²) in [6, 6.07) is 14.3. The molecule has 0 radical (unpaired) electrons.